The van der Waals surface area contributed by atoms with Crippen LogP contribution in [0.1, 0.15) is 271 Å². The largest absolute Gasteiger partial charge is 0.462 e. The number of hydrogen-bond acceptors (Lipinski definition) is 6. The van der Waals surface area contributed by atoms with E-state index in [9.17, 15) is 14.4 Å². The highest BCUT2D eigenvalue weighted by Gasteiger charge is 2.19. The molecule has 70 heavy (non-hydrogen) atoms. The number of allylic oxidation sites excluding steroid dienone is 16. The van der Waals surface area contributed by atoms with Gasteiger partial charge in [0.15, 0.2) is 6.10 Å². The summed E-state index contributed by atoms with van der Waals surface area (Å²) >= 11 is 0. The molecule has 0 aliphatic carbocycles. The zero-order chi connectivity index (χ0) is 50.7. The summed E-state index contributed by atoms with van der Waals surface area (Å²) in [6.45, 7) is 6.48. The molecule has 400 valence electrons. The SMILES string of the molecule is CC/C=C\C/C=C\C/C=C\C/C=C\C/C=C\CCCCCC(=O)OCC(COC(=O)CCCCCCCCCCCCCCCCC)OC(=O)CCCCCCC\C=C/C=C\C=C/CCCCCCC. The van der Waals surface area contributed by atoms with E-state index in [0.717, 1.165) is 122 Å². The van der Waals surface area contributed by atoms with Crippen molar-refractivity contribution in [2.75, 3.05) is 13.2 Å². The van der Waals surface area contributed by atoms with Gasteiger partial charge in [-0.05, 0) is 89.9 Å². The van der Waals surface area contributed by atoms with Crippen LogP contribution in [0.25, 0.3) is 0 Å². The van der Waals surface area contributed by atoms with E-state index in [4.69, 9.17) is 14.2 Å². The molecule has 0 heterocycles. The minimum Gasteiger partial charge on any atom is -0.462 e. The molecule has 1 unspecified atom stereocenters. The Morgan fingerprint density at radius 3 is 1.00 bits per heavy atom. The van der Waals surface area contributed by atoms with Gasteiger partial charge in [-0.25, -0.2) is 0 Å². The highest BCUT2D eigenvalue weighted by Crippen LogP contribution is 2.15. The van der Waals surface area contributed by atoms with Crippen molar-refractivity contribution >= 4 is 17.9 Å². The lowest BCUT2D eigenvalue weighted by molar-refractivity contribution is -0.167. The number of esters is 3. The van der Waals surface area contributed by atoms with Crippen LogP contribution in [0, 0.1) is 0 Å². The molecule has 0 radical (unpaired) electrons. The molecule has 0 aromatic carbocycles. The van der Waals surface area contributed by atoms with Crippen molar-refractivity contribution in [2.24, 2.45) is 0 Å². The summed E-state index contributed by atoms with van der Waals surface area (Å²) < 4.78 is 16.8. The van der Waals surface area contributed by atoms with Gasteiger partial charge >= 0.3 is 17.9 Å². The Kier molecular flexibility index (Phi) is 54.9. The zero-order valence-electron chi connectivity index (χ0n) is 45.8. The van der Waals surface area contributed by atoms with Crippen LogP contribution < -0.4 is 0 Å². The Morgan fingerprint density at radius 2 is 0.614 bits per heavy atom. The molecule has 0 spiro atoms. The maximum absolute atomic E-state index is 12.9. The summed E-state index contributed by atoms with van der Waals surface area (Å²) in [4.78, 5) is 38.2. The Labute approximate surface area is 432 Å². The molecule has 0 aliphatic rings. The lowest BCUT2D eigenvalue weighted by Crippen LogP contribution is -2.30. The minimum absolute atomic E-state index is 0.0953. The molecule has 0 aliphatic heterocycles. The summed E-state index contributed by atoms with van der Waals surface area (Å²) in [6, 6.07) is 0. The standard InChI is InChI=1S/C64H108O6/c1-4-7-10-13-16-19-22-25-28-30-32-34-36-39-42-45-48-51-54-57-63(66)69-60-61(59-68-62(65)56-53-50-47-44-41-38-35-27-24-21-18-15-12-9-6-3)70-64(67)58-55-52-49-46-43-40-37-33-31-29-26-23-20-17-14-11-8-5-2/h7,10,16,19,23,25-26,28-29,31-34,37,39,42,61H,4-6,8-9,11-15,17-18,20-22,24,27,30,35-36,38,40-41,43-60H2,1-3H3/b10-7-,19-16-,26-23-,28-25-,31-29-,34-32-,37-33-,42-39-. The average Bonchev–Trinajstić information content (AvgIpc) is 3.36. The van der Waals surface area contributed by atoms with Crippen molar-refractivity contribution in [2.45, 2.75) is 277 Å². The van der Waals surface area contributed by atoms with Gasteiger partial charge in [0.05, 0.1) is 0 Å². The number of rotatable bonds is 52. The normalized spacial score (nSPS) is 12.8. The molecule has 6 nitrogen and oxygen atoms in total. The highest BCUT2D eigenvalue weighted by atomic mass is 16.6. The molecular formula is C64H108O6. The zero-order valence-corrected chi connectivity index (χ0v) is 45.8. The molecule has 0 aromatic rings. The van der Waals surface area contributed by atoms with Crippen LogP contribution in [0.5, 0.6) is 0 Å². The number of hydrogen-bond donors (Lipinski definition) is 0. The number of unbranched alkanes of at least 4 members (excludes halogenated alkanes) is 27. The van der Waals surface area contributed by atoms with Gasteiger partial charge in [-0.2, -0.15) is 0 Å². The predicted molar refractivity (Wildman–Crippen MR) is 302 cm³/mol. The quantitative estimate of drug-likeness (QED) is 0.0199. The number of carbonyl (C=O) groups is 3. The van der Waals surface area contributed by atoms with Gasteiger partial charge in [-0.1, -0.05) is 259 Å². The molecule has 0 bridgehead atoms. The molecule has 0 saturated carbocycles. The van der Waals surface area contributed by atoms with Gasteiger partial charge in [0.1, 0.15) is 13.2 Å². The van der Waals surface area contributed by atoms with Gasteiger partial charge in [0.2, 0.25) is 0 Å². The van der Waals surface area contributed by atoms with Gasteiger partial charge in [0, 0.05) is 19.3 Å². The molecule has 0 rings (SSSR count). The third-order valence-electron chi connectivity index (χ3n) is 12.4. The van der Waals surface area contributed by atoms with Crippen LogP contribution in [0.3, 0.4) is 0 Å². The smallest absolute Gasteiger partial charge is 0.306 e. The fourth-order valence-electron chi connectivity index (χ4n) is 8.00. The molecule has 0 aromatic heterocycles. The van der Waals surface area contributed by atoms with Crippen LogP contribution in [0.2, 0.25) is 0 Å². The maximum Gasteiger partial charge on any atom is 0.306 e. The Balaban J connectivity index is 4.49. The van der Waals surface area contributed by atoms with E-state index in [-0.39, 0.29) is 31.1 Å². The second-order valence-corrected chi connectivity index (χ2v) is 19.2. The van der Waals surface area contributed by atoms with Gasteiger partial charge in [0.25, 0.3) is 0 Å². The van der Waals surface area contributed by atoms with E-state index < -0.39 is 6.10 Å². The molecular weight excluding hydrogens is 865 g/mol. The van der Waals surface area contributed by atoms with E-state index in [2.05, 4.69) is 118 Å². The topological polar surface area (TPSA) is 78.9 Å². The first-order valence-corrected chi connectivity index (χ1v) is 29.3. The Bertz CT molecular complexity index is 1400. The van der Waals surface area contributed by atoms with Crippen LogP contribution in [0.4, 0.5) is 0 Å². The van der Waals surface area contributed by atoms with Crippen LogP contribution >= 0.6 is 0 Å². The van der Waals surface area contributed by atoms with Crippen molar-refractivity contribution in [3.8, 4) is 0 Å². The number of ether oxygens (including phenoxy) is 3. The van der Waals surface area contributed by atoms with Crippen LogP contribution in [-0.2, 0) is 28.6 Å². The van der Waals surface area contributed by atoms with E-state index in [1.807, 2.05) is 0 Å². The molecule has 0 saturated heterocycles. The van der Waals surface area contributed by atoms with Crippen molar-refractivity contribution < 1.29 is 28.6 Å². The van der Waals surface area contributed by atoms with Crippen molar-refractivity contribution in [3.05, 3.63) is 97.2 Å². The summed E-state index contributed by atoms with van der Waals surface area (Å²) in [7, 11) is 0. The molecule has 6 heteroatoms. The average molecular weight is 974 g/mol. The van der Waals surface area contributed by atoms with Crippen molar-refractivity contribution in [1.29, 1.82) is 0 Å². The first-order valence-electron chi connectivity index (χ1n) is 29.3. The Morgan fingerprint density at radius 1 is 0.314 bits per heavy atom. The second-order valence-electron chi connectivity index (χ2n) is 19.2. The fraction of sp³-hybridized carbons (Fsp3) is 0.703. The summed E-state index contributed by atoms with van der Waals surface area (Å²) in [5.41, 5.74) is 0. The minimum atomic E-state index is -0.802. The van der Waals surface area contributed by atoms with Crippen molar-refractivity contribution in [3.63, 3.8) is 0 Å². The molecule has 0 fully saturated rings. The van der Waals surface area contributed by atoms with Crippen molar-refractivity contribution in [1.82, 2.24) is 0 Å². The lowest BCUT2D eigenvalue weighted by atomic mass is 10.0. The summed E-state index contributed by atoms with van der Waals surface area (Å²) in [6.07, 6.45) is 76.8. The second kappa shape index (κ2) is 57.9. The molecule has 0 N–H and O–H groups in total. The monoisotopic (exact) mass is 973 g/mol. The maximum atomic E-state index is 12.9. The van der Waals surface area contributed by atoms with Gasteiger partial charge < -0.3 is 14.2 Å². The van der Waals surface area contributed by atoms with Gasteiger partial charge in [-0.3, -0.25) is 14.4 Å². The summed E-state index contributed by atoms with van der Waals surface area (Å²) in [5.74, 6) is -0.943. The fourth-order valence-corrected chi connectivity index (χ4v) is 8.00. The lowest BCUT2D eigenvalue weighted by Gasteiger charge is -2.18. The van der Waals surface area contributed by atoms with E-state index in [1.165, 1.54) is 109 Å². The van der Waals surface area contributed by atoms with Crippen LogP contribution in [-0.4, -0.2) is 37.2 Å². The predicted octanol–water partition coefficient (Wildman–Crippen LogP) is 19.7. The highest BCUT2D eigenvalue weighted by molar-refractivity contribution is 5.71. The van der Waals surface area contributed by atoms with E-state index >= 15 is 0 Å². The Hall–Kier alpha value is -3.67. The van der Waals surface area contributed by atoms with E-state index in [1.54, 1.807) is 0 Å². The first-order chi connectivity index (χ1) is 34.5. The summed E-state index contributed by atoms with van der Waals surface area (Å²) in [5, 5.41) is 0. The van der Waals surface area contributed by atoms with E-state index in [0.29, 0.717) is 19.3 Å². The third-order valence-corrected chi connectivity index (χ3v) is 12.4. The number of carbonyl (C=O) groups excluding carboxylic acids is 3. The van der Waals surface area contributed by atoms with Gasteiger partial charge in [-0.15, -0.1) is 0 Å². The third kappa shape index (κ3) is 55.3. The molecule has 0 amide bonds. The van der Waals surface area contributed by atoms with Crippen LogP contribution in [0.15, 0.2) is 97.2 Å². The molecule has 1 atom stereocenters. The first kappa shape index (κ1) is 66.3.